The van der Waals surface area contributed by atoms with E-state index in [4.69, 9.17) is 10.8 Å². The van der Waals surface area contributed by atoms with E-state index in [0.717, 1.165) is 18.7 Å². The van der Waals surface area contributed by atoms with E-state index >= 15 is 0 Å². The molecule has 0 fully saturated rings. The van der Waals surface area contributed by atoms with Crippen molar-refractivity contribution in [2.45, 2.75) is 12.5 Å². The van der Waals surface area contributed by atoms with Crippen molar-refractivity contribution in [3.63, 3.8) is 0 Å². The highest BCUT2D eigenvalue weighted by Crippen LogP contribution is 1.97. The Morgan fingerprint density at radius 2 is 2.38 bits per heavy atom. The van der Waals surface area contributed by atoms with Gasteiger partial charge in [-0.05, 0) is 19.2 Å². The van der Waals surface area contributed by atoms with E-state index in [1.807, 2.05) is 30.1 Å². The second-order valence-corrected chi connectivity index (χ2v) is 3.78. The van der Waals surface area contributed by atoms with Crippen molar-refractivity contribution in [2.24, 2.45) is 5.73 Å². The van der Waals surface area contributed by atoms with Crippen molar-refractivity contribution in [1.82, 2.24) is 9.88 Å². The first-order valence-corrected chi connectivity index (χ1v) is 5.16. The molecule has 0 saturated carbocycles. The molecule has 0 bridgehead atoms. The van der Waals surface area contributed by atoms with Gasteiger partial charge in [0.05, 0.1) is 0 Å². The fourth-order valence-corrected chi connectivity index (χ4v) is 1.36. The van der Waals surface area contributed by atoms with Gasteiger partial charge in [-0.15, -0.1) is 0 Å². The molecule has 0 aliphatic heterocycles. The monoisotopic (exact) mass is 223 g/mol. The first-order valence-electron chi connectivity index (χ1n) is 5.16. The van der Waals surface area contributed by atoms with Crippen molar-refractivity contribution in [1.29, 1.82) is 0 Å². The molecule has 1 aromatic heterocycles. The first kappa shape index (κ1) is 12.6. The number of carbonyl (C=O) groups is 1. The van der Waals surface area contributed by atoms with E-state index < -0.39 is 12.0 Å². The zero-order valence-electron chi connectivity index (χ0n) is 9.34. The maximum Gasteiger partial charge on any atom is 0.321 e. The largest absolute Gasteiger partial charge is 0.480 e. The Hall–Kier alpha value is -1.46. The van der Waals surface area contributed by atoms with Crippen molar-refractivity contribution >= 4 is 5.97 Å². The molecular formula is C11H17N3O2. The maximum atomic E-state index is 10.5. The first-order chi connectivity index (χ1) is 7.59. The quantitative estimate of drug-likeness (QED) is 0.708. The lowest BCUT2D eigenvalue weighted by atomic mass is 10.2. The van der Waals surface area contributed by atoms with Crippen LogP contribution in [0.5, 0.6) is 0 Å². The molecule has 3 N–H and O–H groups in total. The molecule has 1 heterocycles. The highest BCUT2D eigenvalue weighted by Gasteiger charge is 2.13. The van der Waals surface area contributed by atoms with Crippen LogP contribution in [-0.2, 0) is 11.2 Å². The van der Waals surface area contributed by atoms with E-state index in [1.54, 1.807) is 6.20 Å². The molecule has 5 nitrogen and oxygen atoms in total. The van der Waals surface area contributed by atoms with Crippen LogP contribution in [0.15, 0.2) is 24.4 Å². The second-order valence-electron chi connectivity index (χ2n) is 3.78. The number of carboxylic acid groups (broad SMARTS) is 1. The summed E-state index contributed by atoms with van der Waals surface area (Å²) in [5.74, 6) is -0.968. The Balaban J connectivity index is 2.30. The molecule has 1 atom stereocenters. The molecule has 1 rings (SSSR count). The minimum Gasteiger partial charge on any atom is -0.480 e. The highest BCUT2D eigenvalue weighted by molar-refractivity contribution is 5.73. The number of rotatable bonds is 6. The summed E-state index contributed by atoms with van der Waals surface area (Å²) in [4.78, 5) is 16.6. The number of hydrogen-bond donors (Lipinski definition) is 2. The molecule has 0 saturated heterocycles. The van der Waals surface area contributed by atoms with Crippen LogP contribution in [0.2, 0.25) is 0 Å². The van der Waals surface area contributed by atoms with E-state index in [0.29, 0.717) is 6.54 Å². The van der Waals surface area contributed by atoms with Crippen LogP contribution in [0.3, 0.4) is 0 Å². The van der Waals surface area contributed by atoms with Gasteiger partial charge in [0, 0.05) is 31.4 Å². The van der Waals surface area contributed by atoms with Gasteiger partial charge in [0.2, 0.25) is 0 Å². The number of nitrogens with two attached hydrogens (primary N) is 1. The molecule has 0 aromatic carbocycles. The van der Waals surface area contributed by atoms with Crippen molar-refractivity contribution in [3.05, 3.63) is 30.1 Å². The zero-order valence-corrected chi connectivity index (χ0v) is 9.34. The third-order valence-corrected chi connectivity index (χ3v) is 2.30. The van der Waals surface area contributed by atoms with Gasteiger partial charge in [-0.3, -0.25) is 9.78 Å². The van der Waals surface area contributed by atoms with Crippen molar-refractivity contribution in [2.75, 3.05) is 20.1 Å². The maximum absolute atomic E-state index is 10.5. The van der Waals surface area contributed by atoms with Crippen LogP contribution in [-0.4, -0.2) is 47.1 Å². The summed E-state index contributed by atoms with van der Waals surface area (Å²) < 4.78 is 0. The average Bonchev–Trinajstić information content (AvgIpc) is 2.27. The number of aliphatic carboxylic acids is 1. The Morgan fingerprint density at radius 3 is 2.94 bits per heavy atom. The predicted octanol–water partition coefficient (Wildman–Crippen LogP) is -0.0322. The molecule has 0 spiro atoms. The fraction of sp³-hybridized carbons (Fsp3) is 0.455. The smallest absolute Gasteiger partial charge is 0.321 e. The Morgan fingerprint density at radius 1 is 1.62 bits per heavy atom. The fourth-order valence-electron chi connectivity index (χ4n) is 1.36. The average molecular weight is 223 g/mol. The van der Waals surface area contributed by atoms with Crippen LogP contribution in [0.1, 0.15) is 5.69 Å². The topological polar surface area (TPSA) is 79.5 Å². The SMILES string of the molecule is CN(CCc1ccccn1)CC(N)C(=O)O. The summed E-state index contributed by atoms with van der Waals surface area (Å²) in [6, 6.07) is 4.93. The predicted molar refractivity (Wildman–Crippen MR) is 61.0 cm³/mol. The summed E-state index contributed by atoms with van der Waals surface area (Å²) in [6.45, 7) is 1.10. The van der Waals surface area contributed by atoms with Crippen LogP contribution >= 0.6 is 0 Å². The number of carboxylic acids is 1. The van der Waals surface area contributed by atoms with E-state index in [1.165, 1.54) is 0 Å². The molecule has 88 valence electrons. The number of aromatic nitrogens is 1. The van der Waals surface area contributed by atoms with Gasteiger partial charge in [0.15, 0.2) is 0 Å². The van der Waals surface area contributed by atoms with Gasteiger partial charge in [0.1, 0.15) is 6.04 Å². The van der Waals surface area contributed by atoms with Crippen LogP contribution < -0.4 is 5.73 Å². The van der Waals surface area contributed by atoms with E-state index in [2.05, 4.69) is 4.98 Å². The molecule has 1 aromatic rings. The Kier molecular flexibility index (Phi) is 4.88. The molecule has 0 amide bonds. The lowest BCUT2D eigenvalue weighted by Gasteiger charge is -2.18. The highest BCUT2D eigenvalue weighted by atomic mass is 16.4. The van der Waals surface area contributed by atoms with Crippen LogP contribution in [0.25, 0.3) is 0 Å². The number of likely N-dealkylation sites (N-methyl/N-ethyl adjacent to an activating group) is 1. The van der Waals surface area contributed by atoms with E-state index in [-0.39, 0.29) is 0 Å². The van der Waals surface area contributed by atoms with Gasteiger partial charge in [-0.25, -0.2) is 0 Å². The van der Waals surface area contributed by atoms with Gasteiger partial charge in [-0.2, -0.15) is 0 Å². The lowest BCUT2D eigenvalue weighted by molar-refractivity contribution is -0.138. The molecule has 0 aliphatic carbocycles. The third kappa shape index (κ3) is 4.37. The minimum atomic E-state index is -0.968. The summed E-state index contributed by atoms with van der Waals surface area (Å²) in [5, 5.41) is 8.65. The molecule has 0 aliphatic rings. The van der Waals surface area contributed by atoms with Gasteiger partial charge < -0.3 is 15.7 Å². The number of hydrogen-bond acceptors (Lipinski definition) is 4. The minimum absolute atomic E-state index is 0.349. The van der Waals surface area contributed by atoms with Crippen LogP contribution in [0.4, 0.5) is 0 Å². The molecule has 5 heteroatoms. The van der Waals surface area contributed by atoms with Gasteiger partial charge in [-0.1, -0.05) is 6.07 Å². The number of nitrogens with zero attached hydrogens (tertiary/aromatic N) is 2. The lowest BCUT2D eigenvalue weighted by Crippen LogP contribution is -2.41. The molecule has 1 unspecified atom stereocenters. The van der Waals surface area contributed by atoms with Crippen molar-refractivity contribution < 1.29 is 9.90 Å². The molecule has 16 heavy (non-hydrogen) atoms. The third-order valence-electron chi connectivity index (χ3n) is 2.30. The summed E-state index contributed by atoms with van der Waals surface area (Å²) in [6.07, 6.45) is 2.54. The van der Waals surface area contributed by atoms with E-state index in [9.17, 15) is 4.79 Å². The normalized spacial score (nSPS) is 12.7. The number of pyridine rings is 1. The summed E-state index contributed by atoms with van der Waals surface area (Å²) in [7, 11) is 1.85. The summed E-state index contributed by atoms with van der Waals surface area (Å²) in [5.41, 5.74) is 6.43. The zero-order chi connectivity index (χ0) is 12.0. The Labute approximate surface area is 94.9 Å². The second kappa shape index (κ2) is 6.19. The standard InChI is InChI=1S/C11H17N3O2/c1-14(8-10(12)11(15)16)7-5-9-4-2-3-6-13-9/h2-4,6,10H,5,7-8,12H2,1H3,(H,15,16). The van der Waals surface area contributed by atoms with Crippen molar-refractivity contribution in [3.8, 4) is 0 Å². The van der Waals surface area contributed by atoms with Gasteiger partial charge >= 0.3 is 5.97 Å². The molecule has 0 radical (unpaired) electrons. The van der Waals surface area contributed by atoms with Crippen LogP contribution in [0, 0.1) is 0 Å². The Bertz CT molecular complexity index is 329. The summed E-state index contributed by atoms with van der Waals surface area (Å²) >= 11 is 0. The van der Waals surface area contributed by atoms with Gasteiger partial charge in [0.25, 0.3) is 0 Å². The molecular weight excluding hydrogens is 206 g/mol.